The van der Waals surface area contributed by atoms with Crippen LogP contribution in [-0.2, 0) is 6.42 Å². The maximum Gasteiger partial charge on any atom is 0.165 e. The van der Waals surface area contributed by atoms with Crippen LogP contribution in [0.1, 0.15) is 17.4 Å². The highest BCUT2D eigenvalue weighted by Gasteiger charge is 2.14. The van der Waals surface area contributed by atoms with E-state index in [4.69, 9.17) is 15.0 Å². The second kappa shape index (κ2) is 5.66. The third-order valence-corrected chi connectivity index (χ3v) is 2.76. The molecule has 1 heterocycles. The molecule has 0 saturated heterocycles. The Hall–Kier alpha value is -1.85. The molecule has 2 rings (SSSR count). The first kappa shape index (κ1) is 12.6. The van der Waals surface area contributed by atoms with E-state index in [1.54, 1.807) is 18.4 Å². The van der Waals surface area contributed by atoms with Crippen LogP contribution in [0.2, 0.25) is 0 Å². The van der Waals surface area contributed by atoms with Crippen LogP contribution in [0.5, 0.6) is 5.75 Å². The van der Waals surface area contributed by atoms with Gasteiger partial charge < -0.3 is 9.15 Å². The van der Waals surface area contributed by atoms with Crippen LogP contribution in [0, 0.1) is 5.82 Å². The van der Waals surface area contributed by atoms with Gasteiger partial charge >= 0.3 is 0 Å². The van der Waals surface area contributed by atoms with Gasteiger partial charge in [0.25, 0.3) is 0 Å². The predicted molar refractivity (Wildman–Crippen MR) is 65.4 cm³/mol. The number of furan rings is 1. The Morgan fingerprint density at radius 2 is 2.28 bits per heavy atom. The highest BCUT2D eigenvalue weighted by atomic mass is 19.1. The number of methoxy groups -OCH3 is 1. The van der Waals surface area contributed by atoms with Crippen LogP contribution in [0.3, 0.4) is 0 Å². The summed E-state index contributed by atoms with van der Waals surface area (Å²) in [6, 6.07) is 8.18. The molecule has 2 aromatic rings. The molecule has 96 valence electrons. The number of rotatable bonds is 5. The van der Waals surface area contributed by atoms with Gasteiger partial charge in [-0.05, 0) is 29.8 Å². The van der Waals surface area contributed by atoms with Crippen molar-refractivity contribution in [2.75, 3.05) is 7.11 Å². The summed E-state index contributed by atoms with van der Waals surface area (Å²) in [5.74, 6) is 6.14. The molecule has 0 fully saturated rings. The quantitative estimate of drug-likeness (QED) is 0.630. The van der Waals surface area contributed by atoms with Crippen LogP contribution in [0.4, 0.5) is 4.39 Å². The summed E-state index contributed by atoms with van der Waals surface area (Å²) in [5.41, 5.74) is 3.53. The molecule has 1 aromatic carbocycles. The number of benzene rings is 1. The maximum absolute atomic E-state index is 13.3. The Kier molecular flexibility index (Phi) is 3.96. The van der Waals surface area contributed by atoms with Gasteiger partial charge in [0.15, 0.2) is 11.6 Å². The van der Waals surface area contributed by atoms with Crippen molar-refractivity contribution in [3.8, 4) is 5.75 Å². The van der Waals surface area contributed by atoms with E-state index < -0.39 is 5.82 Å². The summed E-state index contributed by atoms with van der Waals surface area (Å²) in [5, 5.41) is 0. The molecule has 5 heteroatoms. The molecule has 1 unspecified atom stereocenters. The number of hydrogen-bond donors (Lipinski definition) is 2. The molecule has 1 aromatic heterocycles. The van der Waals surface area contributed by atoms with Gasteiger partial charge in [0.2, 0.25) is 0 Å². The third-order valence-electron chi connectivity index (χ3n) is 2.76. The predicted octanol–water partition coefficient (Wildman–Crippen LogP) is 2.17. The Morgan fingerprint density at radius 3 is 2.89 bits per heavy atom. The number of ether oxygens (including phenoxy) is 1. The van der Waals surface area contributed by atoms with Crippen LogP contribution in [0.15, 0.2) is 41.0 Å². The van der Waals surface area contributed by atoms with Gasteiger partial charge in [0, 0.05) is 6.42 Å². The zero-order chi connectivity index (χ0) is 13.0. The van der Waals surface area contributed by atoms with Gasteiger partial charge in [-0.25, -0.2) is 4.39 Å². The molecular weight excluding hydrogens is 235 g/mol. The summed E-state index contributed by atoms with van der Waals surface area (Å²) in [4.78, 5) is 0. The zero-order valence-corrected chi connectivity index (χ0v) is 10.0. The molecule has 3 N–H and O–H groups in total. The molecule has 0 amide bonds. The van der Waals surface area contributed by atoms with E-state index in [1.807, 2.05) is 12.1 Å². The van der Waals surface area contributed by atoms with E-state index >= 15 is 0 Å². The van der Waals surface area contributed by atoms with Gasteiger partial charge in [0.1, 0.15) is 5.76 Å². The molecule has 18 heavy (non-hydrogen) atoms. The molecule has 0 aliphatic heterocycles. The summed E-state index contributed by atoms with van der Waals surface area (Å²) in [6.45, 7) is 0. The van der Waals surface area contributed by atoms with Crippen molar-refractivity contribution in [3.63, 3.8) is 0 Å². The molecule has 0 spiro atoms. The summed E-state index contributed by atoms with van der Waals surface area (Å²) < 4.78 is 23.5. The highest BCUT2D eigenvalue weighted by Crippen LogP contribution is 2.24. The van der Waals surface area contributed by atoms with Crippen molar-refractivity contribution < 1.29 is 13.5 Å². The summed E-state index contributed by atoms with van der Waals surface area (Å²) >= 11 is 0. The van der Waals surface area contributed by atoms with Crippen molar-refractivity contribution in [2.24, 2.45) is 5.84 Å². The van der Waals surface area contributed by atoms with Crippen LogP contribution >= 0.6 is 0 Å². The van der Waals surface area contributed by atoms with Gasteiger partial charge in [0.05, 0.1) is 19.4 Å². The van der Waals surface area contributed by atoms with Crippen LogP contribution < -0.4 is 16.0 Å². The second-order valence-corrected chi connectivity index (χ2v) is 3.90. The minimum Gasteiger partial charge on any atom is -0.494 e. The molecule has 4 nitrogen and oxygen atoms in total. The van der Waals surface area contributed by atoms with Crippen LogP contribution in [0.25, 0.3) is 0 Å². The van der Waals surface area contributed by atoms with Gasteiger partial charge in [-0.1, -0.05) is 6.07 Å². The van der Waals surface area contributed by atoms with Crippen molar-refractivity contribution in [1.29, 1.82) is 0 Å². The van der Waals surface area contributed by atoms with Crippen LogP contribution in [-0.4, -0.2) is 7.11 Å². The Balaban J connectivity index is 2.21. The second-order valence-electron chi connectivity index (χ2n) is 3.90. The Morgan fingerprint density at radius 1 is 1.44 bits per heavy atom. The first-order valence-electron chi connectivity index (χ1n) is 5.56. The van der Waals surface area contributed by atoms with E-state index in [2.05, 4.69) is 5.43 Å². The SMILES string of the molecule is COc1cc(C(Cc2ccco2)NN)ccc1F. The Bertz CT molecular complexity index is 500. The molecule has 0 aliphatic carbocycles. The van der Waals surface area contributed by atoms with E-state index in [9.17, 15) is 4.39 Å². The standard InChI is InChI=1S/C13H15FN2O2/c1-17-13-7-9(4-5-11(13)14)12(16-15)8-10-3-2-6-18-10/h2-7,12,16H,8,15H2,1H3. The Labute approximate surface area is 105 Å². The largest absolute Gasteiger partial charge is 0.494 e. The molecule has 0 radical (unpaired) electrons. The maximum atomic E-state index is 13.3. The van der Waals surface area contributed by atoms with Gasteiger partial charge in [-0.3, -0.25) is 11.3 Å². The summed E-state index contributed by atoms with van der Waals surface area (Å²) in [6.07, 6.45) is 2.19. The average molecular weight is 250 g/mol. The fourth-order valence-corrected chi connectivity index (χ4v) is 1.80. The highest BCUT2D eigenvalue weighted by molar-refractivity contribution is 5.32. The lowest BCUT2D eigenvalue weighted by atomic mass is 10.0. The van der Waals surface area contributed by atoms with E-state index in [0.29, 0.717) is 6.42 Å². The average Bonchev–Trinajstić information content (AvgIpc) is 2.89. The summed E-state index contributed by atoms with van der Waals surface area (Å²) in [7, 11) is 1.43. The molecular formula is C13H15FN2O2. The lowest BCUT2D eigenvalue weighted by molar-refractivity contribution is 0.384. The lowest BCUT2D eigenvalue weighted by Crippen LogP contribution is -2.29. The first-order chi connectivity index (χ1) is 8.74. The first-order valence-corrected chi connectivity index (χ1v) is 5.56. The molecule has 1 atom stereocenters. The number of nitrogens with one attached hydrogen (secondary N) is 1. The number of hydrazine groups is 1. The number of nitrogens with two attached hydrogens (primary N) is 1. The van der Waals surface area contributed by atoms with E-state index in [1.165, 1.54) is 13.2 Å². The smallest absolute Gasteiger partial charge is 0.165 e. The minimum absolute atomic E-state index is 0.161. The minimum atomic E-state index is -0.393. The van der Waals surface area contributed by atoms with Crippen molar-refractivity contribution >= 4 is 0 Å². The van der Waals surface area contributed by atoms with E-state index in [-0.39, 0.29) is 11.8 Å². The monoisotopic (exact) mass is 250 g/mol. The fraction of sp³-hybridized carbons (Fsp3) is 0.231. The molecule has 0 saturated carbocycles. The lowest BCUT2D eigenvalue weighted by Gasteiger charge is -2.16. The molecule has 0 bridgehead atoms. The fourth-order valence-electron chi connectivity index (χ4n) is 1.80. The normalized spacial score (nSPS) is 12.4. The molecule has 0 aliphatic rings. The zero-order valence-electron chi connectivity index (χ0n) is 10.0. The van der Waals surface area contributed by atoms with Crippen molar-refractivity contribution in [2.45, 2.75) is 12.5 Å². The van der Waals surface area contributed by atoms with Crippen molar-refractivity contribution in [3.05, 3.63) is 53.7 Å². The number of halogens is 1. The van der Waals surface area contributed by atoms with Gasteiger partial charge in [-0.2, -0.15) is 0 Å². The topological polar surface area (TPSA) is 60.4 Å². The third kappa shape index (κ3) is 2.69. The van der Waals surface area contributed by atoms with E-state index in [0.717, 1.165) is 11.3 Å². The number of hydrogen-bond acceptors (Lipinski definition) is 4. The van der Waals surface area contributed by atoms with Crippen molar-refractivity contribution in [1.82, 2.24) is 5.43 Å². The van der Waals surface area contributed by atoms with Gasteiger partial charge in [-0.15, -0.1) is 0 Å².